The molecule has 2 aromatic carbocycles. The van der Waals surface area contributed by atoms with Crippen molar-refractivity contribution < 1.29 is 33.3 Å². The number of fused-ring (bicyclic) bond motifs is 6. The largest absolute Gasteiger partial charge is 0.492 e. The Labute approximate surface area is 299 Å². The van der Waals surface area contributed by atoms with Crippen LogP contribution < -0.4 is 14.8 Å². The molecule has 0 unspecified atom stereocenters. The Bertz CT molecular complexity index is 1720. The molecule has 1 aromatic heterocycles. The van der Waals surface area contributed by atoms with Gasteiger partial charge in [0.05, 0.1) is 31.3 Å². The van der Waals surface area contributed by atoms with E-state index >= 15 is 0 Å². The topological polar surface area (TPSA) is 120 Å². The van der Waals surface area contributed by atoms with Gasteiger partial charge in [-0.25, -0.2) is 14.6 Å². The number of amides is 2. The second kappa shape index (κ2) is 15.5. The molecule has 2 aliphatic heterocycles. The van der Waals surface area contributed by atoms with Crippen molar-refractivity contribution in [1.82, 2.24) is 20.1 Å². The summed E-state index contributed by atoms with van der Waals surface area (Å²) in [5.74, 6) is 0.539. The normalized spacial score (nSPS) is 25.5. The summed E-state index contributed by atoms with van der Waals surface area (Å²) in [7, 11) is 5.44. The quantitative estimate of drug-likeness (QED) is 0.266. The molecule has 11 heteroatoms. The lowest BCUT2D eigenvalue weighted by Crippen LogP contribution is -2.55. The molecule has 5 atom stereocenters. The van der Waals surface area contributed by atoms with E-state index in [0.29, 0.717) is 37.7 Å². The molecule has 2 aliphatic carbocycles. The fraction of sp³-hybridized carbons (Fsp3) is 0.550. The first kappa shape index (κ1) is 35.0. The summed E-state index contributed by atoms with van der Waals surface area (Å²) in [6, 6.07) is 14.3. The second-order valence-electron chi connectivity index (χ2n) is 14.9. The lowest BCUT2D eigenvalue weighted by molar-refractivity contribution is -0.152. The molecule has 2 fully saturated rings. The Balaban J connectivity index is 1.22. The number of carbonyl (C=O) groups is 3. The SMILES string of the molecule is COC(=O)[C@@H]1C[C@@H]2CN1C(=O)[C@H](C1Cc3ccccc3C1)NC(=O)O[C@@H]1C[C@H]1CCCCCc1c(nc3ccccc3c1OCCCN(C)C)O2. The van der Waals surface area contributed by atoms with Gasteiger partial charge in [-0.2, -0.15) is 0 Å². The number of pyridine rings is 1. The number of ether oxygens (including phenoxy) is 4. The standard InChI is InChI=1S/C40H50N4O7/c1-43(2)18-11-19-49-36-30-15-9-10-17-32(30)41-37-31(36)16-6-4-5-14-27-22-34(27)51-40(47)42-35(28-20-25-12-7-8-13-26(25)21-28)38(45)44-24-29(50-37)23-33(44)39(46)48-3/h7-10,12-13,15,17,27-29,33-35H,4-6,11,14,16,18-24H2,1-3H3,(H,42,47)/t27-,29-,33+,34-,35+/m1/s1. The number of nitrogens with zero attached hydrogens (tertiary/aromatic N) is 3. The van der Waals surface area contributed by atoms with Gasteiger partial charge < -0.3 is 34.1 Å². The van der Waals surface area contributed by atoms with E-state index in [1.54, 1.807) is 0 Å². The fourth-order valence-electron chi connectivity index (χ4n) is 8.12. The molecule has 7 rings (SSSR count). The van der Waals surface area contributed by atoms with Crippen LogP contribution in [-0.2, 0) is 38.3 Å². The van der Waals surface area contributed by atoms with E-state index in [1.807, 2.05) is 36.4 Å². The predicted molar refractivity (Wildman–Crippen MR) is 192 cm³/mol. The van der Waals surface area contributed by atoms with E-state index in [0.717, 1.165) is 78.4 Å². The Morgan fingerprint density at radius 3 is 2.51 bits per heavy atom. The van der Waals surface area contributed by atoms with Gasteiger partial charge in [0.1, 0.15) is 30.0 Å². The van der Waals surface area contributed by atoms with Gasteiger partial charge in [-0.3, -0.25) is 4.79 Å². The molecule has 4 aliphatic rings. The molecule has 2 amide bonds. The molecule has 3 heterocycles. The lowest BCUT2D eigenvalue weighted by Gasteiger charge is -2.30. The van der Waals surface area contributed by atoms with Crippen molar-refractivity contribution in [3.05, 3.63) is 65.2 Å². The third kappa shape index (κ3) is 7.93. The molecular formula is C40H50N4O7. The van der Waals surface area contributed by atoms with Crippen LogP contribution in [-0.4, -0.2) is 97.9 Å². The monoisotopic (exact) mass is 698 g/mol. The van der Waals surface area contributed by atoms with E-state index in [9.17, 15) is 14.4 Å². The first-order valence-corrected chi connectivity index (χ1v) is 18.6. The zero-order chi connectivity index (χ0) is 35.5. The molecule has 0 spiro atoms. The van der Waals surface area contributed by atoms with Crippen molar-refractivity contribution in [3.63, 3.8) is 0 Å². The van der Waals surface area contributed by atoms with Gasteiger partial charge in [-0.05, 0) is 94.1 Å². The van der Waals surface area contributed by atoms with Gasteiger partial charge in [0.25, 0.3) is 0 Å². The minimum atomic E-state index is -0.886. The smallest absolute Gasteiger partial charge is 0.408 e. The number of nitrogens with one attached hydrogen (secondary N) is 1. The molecule has 1 saturated carbocycles. The van der Waals surface area contributed by atoms with Crippen LogP contribution in [0.25, 0.3) is 10.9 Å². The summed E-state index contributed by atoms with van der Waals surface area (Å²) in [4.78, 5) is 49.9. The highest BCUT2D eigenvalue weighted by molar-refractivity contribution is 5.91. The number of esters is 1. The Kier molecular flexibility index (Phi) is 10.6. The molecule has 272 valence electrons. The maximum atomic E-state index is 14.6. The summed E-state index contributed by atoms with van der Waals surface area (Å²) in [5.41, 5.74) is 4.00. The van der Waals surface area contributed by atoms with E-state index < -0.39 is 30.3 Å². The van der Waals surface area contributed by atoms with Crippen LogP contribution in [0.5, 0.6) is 11.6 Å². The summed E-state index contributed by atoms with van der Waals surface area (Å²) >= 11 is 0. The minimum Gasteiger partial charge on any atom is -0.492 e. The highest BCUT2D eigenvalue weighted by Crippen LogP contribution is 2.41. The maximum absolute atomic E-state index is 14.6. The molecule has 0 radical (unpaired) electrons. The van der Waals surface area contributed by atoms with Crippen molar-refractivity contribution in [2.75, 3.05) is 40.9 Å². The van der Waals surface area contributed by atoms with Crippen LogP contribution in [0, 0.1) is 11.8 Å². The van der Waals surface area contributed by atoms with Crippen molar-refractivity contribution >= 4 is 28.9 Å². The number of carbonyl (C=O) groups excluding carboxylic acids is 3. The van der Waals surface area contributed by atoms with Crippen LogP contribution in [0.15, 0.2) is 48.5 Å². The van der Waals surface area contributed by atoms with E-state index in [1.165, 1.54) is 12.0 Å². The van der Waals surface area contributed by atoms with E-state index in [2.05, 4.69) is 36.4 Å². The van der Waals surface area contributed by atoms with Gasteiger partial charge in [0, 0.05) is 18.4 Å². The zero-order valence-corrected chi connectivity index (χ0v) is 30.0. The summed E-state index contributed by atoms with van der Waals surface area (Å²) in [6.45, 7) is 1.60. The highest BCUT2D eigenvalue weighted by atomic mass is 16.6. The van der Waals surface area contributed by atoms with Crippen LogP contribution >= 0.6 is 0 Å². The second-order valence-corrected chi connectivity index (χ2v) is 14.9. The third-order valence-electron chi connectivity index (χ3n) is 10.9. The van der Waals surface area contributed by atoms with Crippen LogP contribution in [0.4, 0.5) is 4.79 Å². The molecule has 1 saturated heterocycles. The molecule has 11 nitrogen and oxygen atoms in total. The van der Waals surface area contributed by atoms with Gasteiger partial charge in [0.15, 0.2) is 0 Å². The number of hydrogen-bond donors (Lipinski definition) is 1. The van der Waals surface area contributed by atoms with E-state index in [-0.39, 0.29) is 30.9 Å². The van der Waals surface area contributed by atoms with Crippen molar-refractivity contribution in [3.8, 4) is 11.6 Å². The number of hydrogen-bond acceptors (Lipinski definition) is 9. The number of rotatable bonds is 7. The van der Waals surface area contributed by atoms with Crippen molar-refractivity contribution in [2.24, 2.45) is 11.8 Å². The summed E-state index contributed by atoms with van der Waals surface area (Å²) in [6.07, 6.45) is 6.56. The summed E-state index contributed by atoms with van der Waals surface area (Å²) < 4.78 is 24.4. The number of benzene rings is 2. The van der Waals surface area contributed by atoms with Crippen molar-refractivity contribution in [1.29, 1.82) is 0 Å². The first-order valence-electron chi connectivity index (χ1n) is 18.6. The van der Waals surface area contributed by atoms with Gasteiger partial charge >= 0.3 is 12.1 Å². The molecule has 1 N–H and O–H groups in total. The third-order valence-corrected chi connectivity index (χ3v) is 10.9. The zero-order valence-electron chi connectivity index (χ0n) is 30.0. The van der Waals surface area contributed by atoms with Crippen LogP contribution in [0.3, 0.4) is 0 Å². The summed E-state index contributed by atoms with van der Waals surface area (Å²) in [5, 5.41) is 3.90. The number of aromatic nitrogens is 1. The van der Waals surface area contributed by atoms with Gasteiger partial charge in [-0.15, -0.1) is 0 Å². The van der Waals surface area contributed by atoms with Crippen LogP contribution in [0.2, 0.25) is 0 Å². The average molecular weight is 699 g/mol. The Hall–Kier alpha value is -4.38. The van der Waals surface area contributed by atoms with Crippen molar-refractivity contribution in [2.45, 2.75) is 88.5 Å². The minimum absolute atomic E-state index is 0.142. The highest BCUT2D eigenvalue weighted by Gasteiger charge is 2.47. The Morgan fingerprint density at radius 1 is 0.980 bits per heavy atom. The van der Waals surface area contributed by atoms with E-state index in [4.69, 9.17) is 23.9 Å². The first-order chi connectivity index (χ1) is 24.8. The van der Waals surface area contributed by atoms with Gasteiger partial charge in [0.2, 0.25) is 11.8 Å². The number of methoxy groups -OCH3 is 1. The Morgan fingerprint density at radius 2 is 1.75 bits per heavy atom. The average Bonchev–Trinajstić information content (AvgIpc) is 3.49. The molecular weight excluding hydrogens is 648 g/mol. The number of alkyl carbamates (subject to hydrolysis) is 1. The fourth-order valence-corrected chi connectivity index (χ4v) is 8.12. The molecule has 51 heavy (non-hydrogen) atoms. The molecule has 3 aromatic rings. The van der Waals surface area contributed by atoms with Crippen LogP contribution in [0.1, 0.15) is 61.6 Å². The maximum Gasteiger partial charge on any atom is 0.408 e. The predicted octanol–water partition coefficient (Wildman–Crippen LogP) is 5.10. The van der Waals surface area contributed by atoms with Gasteiger partial charge in [-0.1, -0.05) is 49.2 Å². The molecule has 2 bridgehead atoms. The number of para-hydroxylation sites is 1. The lowest BCUT2D eigenvalue weighted by atomic mass is 9.95.